The van der Waals surface area contributed by atoms with Gasteiger partial charge in [-0.2, -0.15) is 0 Å². The molecule has 0 bridgehead atoms. The van der Waals surface area contributed by atoms with Gasteiger partial charge in [-0.25, -0.2) is 0 Å². The summed E-state index contributed by atoms with van der Waals surface area (Å²) in [5.74, 6) is 1.69. The second kappa shape index (κ2) is 6.16. The normalized spacial score (nSPS) is 13.2. The van der Waals surface area contributed by atoms with Gasteiger partial charge in [0, 0.05) is 23.7 Å². The third kappa shape index (κ3) is 3.06. The smallest absolute Gasteiger partial charge is 0.165 e. The first-order chi connectivity index (χ1) is 9.83. The van der Waals surface area contributed by atoms with Crippen molar-refractivity contribution in [2.45, 2.75) is 13.1 Å². The van der Waals surface area contributed by atoms with Crippen LogP contribution >= 0.6 is 11.6 Å². The first-order valence-electron chi connectivity index (χ1n) is 6.65. The van der Waals surface area contributed by atoms with Crippen molar-refractivity contribution in [1.82, 2.24) is 5.32 Å². The highest BCUT2D eigenvalue weighted by Crippen LogP contribution is 2.33. The van der Waals surface area contributed by atoms with Crippen LogP contribution in [0.15, 0.2) is 42.5 Å². The second-order valence-corrected chi connectivity index (χ2v) is 5.11. The molecule has 0 fully saturated rings. The molecule has 4 heteroatoms. The minimum absolute atomic E-state index is 0.609. The maximum absolute atomic E-state index is 5.97. The monoisotopic (exact) mass is 289 g/mol. The van der Waals surface area contributed by atoms with E-state index in [1.54, 1.807) is 0 Å². The molecule has 2 aromatic carbocycles. The minimum Gasteiger partial charge on any atom is -0.486 e. The Balaban J connectivity index is 1.64. The molecular formula is C16H16ClNO2. The van der Waals surface area contributed by atoms with Crippen molar-refractivity contribution in [3.63, 3.8) is 0 Å². The summed E-state index contributed by atoms with van der Waals surface area (Å²) in [4.78, 5) is 0. The van der Waals surface area contributed by atoms with E-state index in [2.05, 4.69) is 17.4 Å². The second-order valence-electron chi connectivity index (χ2n) is 4.67. The Morgan fingerprint density at radius 2 is 1.85 bits per heavy atom. The van der Waals surface area contributed by atoms with Crippen molar-refractivity contribution in [3.8, 4) is 11.5 Å². The Bertz CT molecular complexity index is 601. The number of hydrogen-bond acceptors (Lipinski definition) is 3. The summed E-state index contributed by atoms with van der Waals surface area (Å²) in [6.07, 6.45) is 0. The molecule has 1 aliphatic rings. The van der Waals surface area contributed by atoms with Crippen LogP contribution in [0, 0.1) is 0 Å². The fourth-order valence-electron chi connectivity index (χ4n) is 2.26. The highest BCUT2D eigenvalue weighted by Gasteiger charge is 2.14. The molecule has 0 spiro atoms. The first-order valence-corrected chi connectivity index (χ1v) is 7.03. The molecule has 0 atom stereocenters. The Kier molecular flexibility index (Phi) is 4.09. The zero-order chi connectivity index (χ0) is 13.8. The zero-order valence-corrected chi connectivity index (χ0v) is 11.8. The van der Waals surface area contributed by atoms with Crippen LogP contribution in [0.25, 0.3) is 0 Å². The maximum atomic E-state index is 5.97. The molecule has 20 heavy (non-hydrogen) atoms. The molecule has 0 amide bonds. The first kappa shape index (κ1) is 13.3. The van der Waals surface area contributed by atoms with Gasteiger partial charge in [-0.1, -0.05) is 35.9 Å². The van der Waals surface area contributed by atoms with Crippen molar-refractivity contribution in [2.24, 2.45) is 0 Å². The van der Waals surface area contributed by atoms with Gasteiger partial charge in [0.05, 0.1) is 0 Å². The molecule has 0 unspecified atom stereocenters. The van der Waals surface area contributed by atoms with Crippen molar-refractivity contribution >= 4 is 11.6 Å². The summed E-state index contributed by atoms with van der Waals surface area (Å²) in [6, 6.07) is 13.8. The maximum Gasteiger partial charge on any atom is 0.165 e. The lowest BCUT2D eigenvalue weighted by molar-refractivity contribution is 0.169. The largest absolute Gasteiger partial charge is 0.486 e. The fourth-order valence-corrected chi connectivity index (χ4v) is 2.47. The predicted molar refractivity (Wildman–Crippen MR) is 79.4 cm³/mol. The summed E-state index contributed by atoms with van der Waals surface area (Å²) in [5.41, 5.74) is 2.28. The van der Waals surface area contributed by atoms with Gasteiger partial charge < -0.3 is 14.8 Å². The molecule has 0 aromatic heterocycles. The molecule has 0 radical (unpaired) electrons. The quantitative estimate of drug-likeness (QED) is 0.936. The molecule has 3 rings (SSSR count). The van der Waals surface area contributed by atoms with Crippen LogP contribution in [-0.2, 0) is 13.1 Å². The average Bonchev–Trinajstić information content (AvgIpc) is 2.48. The van der Waals surface area contributed by atoms with Gasteiger partial charge in [-0.05, 0) is 23.8 Å². The van der Waals surface area contributed by atoms with E-state index in [9.17, 15) is 0 Å². The van der Waals surface area contributed by atoms with Crippen LogP contribution < -0.4 is 14.8 Å². The van der Waals surface area contributed by atoms with Crippen LogP contribution in [0.2, 0.25) is 5.02 Å². The molecule has 104 valence electrons. The number of benzene rings is 2. The van der Waals surface area contributed by atoms with Gasteiger partial charge >= 0.3 is 0 Å². The number of nitrogens with one attached hydrogen (secondary N) is 1. The highest BCUT2D eigenvalue weighted by molar-refractivity contribution is 6.30. The van der Waals surface area contributed by atoms with Gasteiger partial charge in [0.15, 0.2) is 11.5 Å². The topological polar surface area (TPSA) is 30.5 Å². The number of rotatable bonds is 4. The van der Waals surface area contributed by atoms with Crippen molar-refractivity contribution in [2.75, 3.05) is 13.2 Å². The lowest BCUT2D eigenvalue weighted by atomic mass is 10.1. The third-order valence-electron chi connectivity index (χ3n) is 3.18. The summed E-state index contributed by atoms with van der Waals surface area (Å²) in [7, 11) is 0. The van der Waals surface area contributed by atoms with E-state index >= 15 is 0 Å². The summed E-state index contributed by atoms with van der Waals surface area (Å²) in [6.45, 7) is 2.73. The van der Waals surface area contributed by atoms with Crippen LogP contribution in [-0.4, -0.2) is 13.2 Å². The van der Waals surface area contributed by atoms with Crippen molar-refractivity contribution < 1.29 is 9.47 Å². The average molecular weight is 290 g/mol. The molecule has 0 saturated heterocycles. The predicted octanol–water partition coefficient (Wildman–Crippen LogP) is 3.40. The summed E-state index contributed by atoms with van der Waals surface area (Å²) in [5, 5.41) is 4.16. The molecule has 1 aliphatic heterocycles. The summed E-state index contributed by atoms with van der Waals surface area (Å²) < 4.78 is 11.3. The number of ether oxygens (including phenoxy) is 2. The molecular weight excluding hydrogens is 274 g/mol. The molecule has 0 saturated carbocycles. The van der Waals surface area contributed by atoms with Crippen molar-refractivity contribution in [3.05, 3.63) is 58.6 Å². The van der Waals surface area contributed by atoms with E-state index in [1.807, 2.05) is 30.3 Å². The van der Waals surface area contributed by atoms with Gasteiger partial charge in [-0.15, -0.1) is 0 Å². The lowest BCUT2D eigenvalue weighted by Gasteiger charge is -2.21. The standard InChI is InChI=1S/C16H16ClNO2/c17-14-5-1-3-12(9-14)10-18-11-13-4-2-6-15-16(13)20-8-7-19-15/h1-6,9,18H,7-8,10-11H2. The van der Waals surface area contributed by atoms with Crippen LogP contribution in [0.1, 0.15) is 11.1 Å². The van der Waals surface area contributed by atoms with Crippen LogP contribution in [0.5, 0.6) is 11.5 Å². The molecule has 1 heterocycles. The molecule has 0 aliphatic carbocycles. The Morgan fingerprint density at radius 3 is 2.75 bits per heavy atom. The number of fused-ring (bicyclic) bond motifs is 1. The minimum atomic E-state index is 0.609. The fraction of sp³-hybridized carbons (Fsp3) is 0.250. The van der Waals surface area contributed by atoms with Gasteiger partial charge in [0.2, 0.25) is 0 Å². The van der Waals surface area contributed by atoms with Crippen LogP contribution in [0.4, 0.5) is 0 Å². The van der Waals surface area contributed by atoms with Crippen molar-refractivity contribution in [1.29, 1.82) is 0 Å². The van der Waals surface area contributed by atoms with E-state index in [-0.39, 0.29) is 0 Å². The van der Waals surface area contributed by atoms with Gasteiger partial charge in [0.1, 0.15) is 13.2 Å². The number of para-hydroxylation sites is 1. The number of hydrogen-bond donors (Lipinski definition) is 1. The summed E-state index contributed by atoms with van der Waals surface area (Å²) >= 11 is 5.97. The molecule has 2 aromatic rings. The highest BCUT2D eigenvalue weighted by atomic mass is 35.5. The van der Waals surface area contributed by atoms with E-state index in [1.165, 1.54) is 5.56 Å². The van der Waals surface area contributed by atoms with E-state index in [0.717, 1.165) is 35.2 Å². The van der Waals surface area contributed by atoms with E-state index in [4.69, 9.17) is 21.1 Å². The van der Waals surface area contributed by atoms with Crippen LogP contribution in [0.3, 0.4) is 0 Å². The molecule has 3 nitrogen and oxygen atoms in total. The Labute approximate surface area is 123 Å². The Hall–Kier alpha value is -1.71. The van der Waals surface area contributed by atoms with Gasteiger partial charge in [0.25, 0.3) is 0 Å². The Morgan fingerprint density at radius 1 is 1.00 bits per heavy atom. The SMILES string of the molecule is Clc1cccc(CNCc2cccc3c2OCCO3)c1. The zero-order valence-electron chi connectivity index (χ0n) is 11.1. The van der Waals surface area contributed by atoms with E-state index < -0.39 is 0 Å². The third-order valence-corrected chi connectivity index (χ3v) is 3.42. The number of halogens is 1. The van der Waals surface area contributed by atoms with Gasteiger partial charge in [-0.3, -0.25) is 0 Å². The lowest BCUT2D eigenvalue weighted by Crippen LogP contribution is -2.19. The molecule has 1 N–H and O–H groups in total. The van der Waals surface area contributed by atoms with E-state index in [0.29, 0.717) is 13.2 Å².